The van der Waals surface area contributed by atoms with Gasteiger partial charge in [-0.3, -0.25) is 0 Å². The number of halogens is 1. The monoisotopic (exact) mass is 269 g/mol. The van der Waals surface area contributed by atoms with Crippen LogP contribution in [0.2, 0.25) is 0 Å². The van der Waals surface area contributed by atoms with E-state index in [-0.39, 0.29) is 17.0 Å². The van der Waals surface area contributed by atoms with Crippen LogP contribution in [0.1, 0.15) is 47.0 Å². The van der Waals surface area contributed by atoms with E-state index in [2.05, 4.69) is 27.7 Å². The molecule has 0 aliphatic rings. The van der Waals surface area contributed by atoms with E-state index in [1.807, 2.05) is 0 Å². The summed E-state index contributed by atoms with van der Waals surface area (Å²) >= 11 is 0. The van der Waals surface area contributed by atoms with Gasteiger partial charge in [0.15, 0.2) is 0 Å². The Hall–Kier alpha value is 0.910. The maximum Gasteiger partial charge on any atom is 0.0594 e. The molecule has 0 spiro atoms. The van der Waals surface area contributed by atoms with Crippen molar-refractivity contribution >= 4 is 24.2 Å². The van der Waals surface area contributed by atoms with Gasteiger partial charge in [-0.05, 0) is 27.2 Å². The molecule has 0 N–H and O–H groups in total. The van der Waals surface area contributed by atoms with Crippen molar-refractivity contribution in [3.63, 3.8) is 0 Å². The molecule has 0 aliphatic carbocycles. The van der Waals surface area contributed by atoms with Gasteiger partial charge >= 0.3 is 0 Å². The predicted octanol–water partition coefficient (Wildman–Crippen LogP) is 4.83. The highest BCUT2D eigenvalue weighted by Gasteiger charge is 2.29. The third-order valence-electron chi connectivity index (χ3n) is 3.25. The van der Waals surface area contributed by atoms with Crippen molar-refractivity contribution in [2.24, 2.45) is 0 Å². The van der Waals surface area contributed by atoms with E-state index in [1.165, 1.54) is 37.7 Å². The van der Waals surface area contributed by atoms with Crippen molar-refractivity contribution in [1.82, 2.24) is 0 Å². The third-order valence-corrected chi connectivity index (χ3v) is 8.54. The minimum atomic E-state index is -0.469. The van der Waals surface area contributed by atoms with Gasteiger partial charge in [0.1, 0.15) is 0 Å². The molecule has 0 rings (SSSR count). The smallest absolute Gasteiger partial charge is 0.0594 e. The lowest BCUT2D eigenvalue weighted by Crippen LogP contribution is -2.07. The van der Waals surface area contributed by atoms with Crippen molar-refractivity contribution in [1.29, 1.82) is 0 Å². The molecule has 0 saturated heterocycles. The van der Waals surface area contributed by atoms with Crippen LogP contribution in [0.15, 0.2) is 0 Å². The minimum absolute atomic E-state index is 0. The second kappa shape index (κ2) is 9.46. The molecule has 13 heavy (non-hydrogen) atoms. The fourth-order valence-corrected chi connectivity index (χ4v) is 5.03. The van der Waals surface area contributed by atoms with E-state index < -0.39 is 7.26 Å². The Bertz CT molecular complexity index is 92.0. The molecule has 0 heterocycles. The Morgan fingerprint density at radius 2 is 1.23 bits per heavy atom. The average molecular weight is 270 g/mol. The van der Waals surface area contributed by atoms with Crippen molar-refractivity contribution in [3.05, 3.63) is 0 Å². The Morgan fingerprint density at radius 1 is 0.769 bits per heavy atom. The maximum atomic E-state index is 2.40. The molecule has 0 aromatic rings. The van der Waals surface area contributed by atoms with Gasteiger partial charge in [0.05, 0.1) is 24.6 Å². The van der Waals surface area contributed by atoms with Crippen LogP contribution in [-0.2, 0) is 0 Å². The van der Waals surface area contributed by atoms with Crippen molar-refractivity contribution in [3.8, 4) is 0 Å². The van der Waals surface area contributed by atoms with Gasteiger partial charge < -0.3 is 0 Å². The topological polar surface area (TPSA) is 0 Å². The quantitative estimate of drug-likeness (QED) is 0.459. The molecule has 0 fully saturated rings. The first-order valence-electron chi connectivity index (χ1n) is 5.59. The van der Waals surface area contributed by atoms with Crippen molar-refractivity contribution in [2.45, 2.75) is 47.0 Å². The predicted molar refractivity (Wildman–Crippen MR) is 73.3 cm³/mol. The summed E-state index contributed by atoms with van der Waals surface area (Å²) in [6.07, 6.45) is 10.3. The Morgan fingerprint density at radius 3 is 1.54 bits per heavy atom. The molecule has 82 valence electrons. The summed E-state index contributed by atoms with van der Waals surface area (Å²) in [4.78, 5) is 0. The van der Waals surface area contributed by atoms with Gasteiger partial charge in [0.2, 0.25) is 0 Å². The van der Waals surface area contributed by atoms with Crippen LogP contribution in [0.5, 0.6) is 0 Å². The molecule has 0 aliphatic heterocycles. The summed E-state index contributed by atoms with van der Waals surface area (Å²) < 4.78 is 0. The van der Waals surface area contributed by atoms with Gasteiger partial charge in [-0.1, -0.05) is 19.8 Å². The van der Waals surface area contributed by atoms with Gasteiger partial charge in [-0.2, -0.15) is 0 Å². The standard InChI is InChI=1S/C11H26P.BrH/c1-5-9-10-11-12(6-2,7-3)8-4;/h5-11H2,1-4H3;1H/q+1;. The van der Waals surface area contributed by atoms with Crippen LogP contribution >= 0.6 is 24.2 Å². The lowest BCUT2D eigenvalue weighted by molar-refractivity contribution is 0.772. The lowest BCUT2D eigenvalue weighted by atomic mass is 10.3. The Balaban J connectivity index is 0. The summed E-state index contributed by atoms with van der Waals surface area (Å²) in [5.74, 6) is 0. The Labute approximate surface area is 96.0 Å². The molecular weight excluding hydrogens is 243 g/mol. The van der Waals surface area contributed by atoms with E-state index in [1.54, 1.807) is 6.16 Å². The lowest BCUT2D eigenvalue weighted by Gasteiger charge is -2.23. The fourth-order valence-electron chi connectivity index (χ4n) is 1.84. The van der Waals surface area contributed by atoms with E-state index in [4.69, 9.17) is 0 Å². The van der Waals surface area contributed by atoms with Crippen LogP contribution in [0.3, 0.4) is 0 Å². The van der Waals surface area contributed by atoms with Crippen LogP contribution < -0.4 is 0 Å². The zero-order valence-electron chi connectivity index (χ0n) is 9.81. The Kier molecular flexibility index (Phi) is 11.9. The van der Waals surface area contributed by atoms with Crippen LogP contribution in [-0.4, -0.2) is 24.6 Å². The van der Waals surface area contributed by atoms with E-state index in [0.717, 1.165) is 0 Å². The van der Waals surface area contributed by atoms with Crippen LogP contribution in [0.4, 0.5) is 0 Å². The second-order valence-electron chi connectivity index (χ2n) is 3.72. The van der Waals surface area contributed by atoms with E-state index in [0.29, 0.717) is 0 Å². The average Bonchev–Trinajstić information content (AvgIpc) is 2.14. The highest BCUT2D eigenvalue weighted by molar-refractivity contribution is 8.93. The largest absolute Gasteiger partial charge is 0.114 e. The summed E-state index contributed by atoms with van der Waals surface area (Å²) in [6, 6.07) is 0. The highest BCUT2D eigenvalue weighted by Crippen LogP contribution is 2.58. The fraction of sp³-hybridized carbons (Fsp3) is 1.00. The van der Waals surface area contributed by atoms with Gasteiger partial charge in [-0.15, -0.1) is 17.0 Å². The van der Waals surface area contributed by atoms with E-state index in [9.17, 15) is 0 Å². The molecule has 0 atom stereocenters. The molecule has 0 unspecified atom stereocenters. The normalized spacial score (nSPS) is 11.1. The number of hydrogen-bond acceptors (Lipinski definition) is 0. The molecular formula is C11H27BrP+. The minimum Gasteiger partial charge on any atom is -0.114 e. The van der Waals surface area contributed by atoms with Gasteiger partial charge in [0.25, 0.3) is 0 Å². The molecule has 0 bridgehead atoms. The first kappa shape index (κ1) is 16.3. The zero-order valence-corrected chi connectivity index (χ0v) is 12.4. The van der Waals surface area contributed by atoms with Crippen molar-refractivity contribution in [2.75, 3.05) is 24.6 Å². The molecule has 0 aromatic heterocycles. The van der Waals surface area contributed by atoms with E-state index >= 15 is 0 Å². The number of rotatable bonds is 7. The molecule has 0 nitrogen and oxygen atoms in total. The van der Waals surface area contributed by atoms with Crippen LogP contribution in [0.25, 0.3) is 0 Å². The van der Waals surface area contributed by atoms with Crippen molar-refractivity contribution < 1.29 is 0 Å². The summed E-state index contributed by atoms with van der Waals surface area (Å²) in [5.41, 5.74) is 0. The summed E-state index contributed by atoms with van der Waals surface area (Å²) in [5, 5.41) is 0. The number of hydrogen-bond donors (Lipinski definition) is 0. The first-order chi connectivity index (χ1) is 5.74. The third kappa shape index (κ3) is 6.07. The van der Waals surface area contributed by atoms with Gasteiger partial charge in [-0.25, -0.2) is 0 Å². The molecule has 2 heteroatoms. The molecule has 0 amide bonds. The molecule has 0 saturated carbocycles. The summed E-state index contributed by atoms with van der Waals surface area (Å²) in [6.45, 7) is 9.48. The number of unbranched alkanes of at least 4 members (excludes halogenated alkanes) is 2. The maximum absolute atomic E-state index is 2.40. The second-order valence-corrected chi connectivity index (χ2v) is 8.75. The SMILES string of the molecule is Br.CCCCC[P+](CC)(CC)CC. The van der Waals surface area contributed by atoms with Crippen LogP contribution in [0, 0.1) is 0 Å². The summed E-state index contributed by atoms with van der Waals surface area (Å²) in [7, 11) is -0.469. The first-order valence-corrected chi connectivity index (χ1v) is 8.12. The molecule has 0 aromatic carbocycles. The molecule has 0 radical (unpaired) electrons. The highest BCUT2D eigenvalue weighted by atomic mass is 79.9. The van der Waals surface area contributed by atoms with Gasteiger partial charge in [0, 0.05) is 7.26 Å². The zero-order chi connectivity index (χ0) is 9.45.